The first-order chi connectivity index (χ1) is 13.0. The van der Waals surface area contributed by atoms with Crippen molar-refractivity contribution in [3.05, 3.63) is 20.8 Å². The smallest absolute Gasteiger partial charge is 0.329 e. The van der Waals surface area contributed by atoms with Gasteiger partial charge in [0.25, 0.3) is 5.56 Å². The van der Waals surface area contributed by atoms with Gasteiger partial charge in [-0.15, -0.1) is 0 Å². The molecule has 3 N–H and O–H groups in total. The number of fused-ring (bicyclic) bond motifs is 1. The molecule has 0 unspecified atom stereocenters. The van der Waals surface area contributed by atoms with Crippen LogP contribution in [-0.4, -0.2) is 55.6 Å². The summed E-state index contributed by atoms with van der Waals surface area (Å²) in [7, 11) is 1.56. The summed E-state index contributed by atoms with van der Waals surface area (Å²) in [5, 5.41) is 18.7. The SMILES string of the molecule is CCCCCCCCn1c(N(CCO)CCO)nc2c1c(=O)[nH]c(=O)n2C. The molecule has 0 fully saturated rings. The van der Waals surface area contributed by atoms with Crippen molar-refractivity contribution >= 4 is 17.1 Å². The molecule has 152 valence electrons. The summed E-state index contributed by atoms with van der Waals surface area (Å²) < 4.78 is 3.12. The average Bonchev–Trinajstić information content (AvgIpc) is 3.02. The van der Waals surface area contributed by atoms with Crippen molar-refractivity contribution in [3.63, 3.8) is 0 Å². The molecular formula is C18H31N5O4. The van der Waals surface area contributed by atoms with E-state index in [-0.39, 0.29) is 26.3 Å². The molecular weight excluding hydrogens is 350 g/mol. The summed E-state index contributed by atoms with van der Waals surface area (Å²) in [6.07, 6.45) is 6.68. The molecule has 27 heavy (non-hydrogen) atoms. The number of rotatable bonds is 12. The van der Waals surface area contributed by atoms with Crippen molar-refractivity contribution in [3.8, 4) is 0 Å². The lowest BCUT2D eigenvalue weighted by molar-refractivity contribution is 0.279. The van der Waals surface area contributed by atoms with Crippen LogP contribution in [0.1, 0.15) is 45.4 Å². The van der Waals surface area contributed by atoms with Gasteiger partial charge in [-0.2, -0.15) is 4.98 Å². The highest BCUT2D eigenvalue weighted by Gasteiger charge is 2.21. The lowest BCUT2D eigenvalue weighted by Gasteiger charge is -2.22. The largest absolute Gasteiger partial charge is 0.395 e. The minimum Gasteiger partial charge on any atom is -0.395 e. The number of anilines is 1. The summed E-state index contributed by atoms with van der Waals surface area (Å²) in [4.78, 5) is 32.9. The third-order valence-corrected chi connectivity index (χ3v) is 4.74. The van der Waals surface area contributed by atoms with Gasteiger partial charge in [0, 0.05) is 26.7 Å². The van der Waals surface area contributed by atoms with Gasteiger partial charge in [-0.1, -0.05) is 39.0 Å². The van der Waals surface area contributed by atoms with Crippen LogP contribution in [0, 0.1) is 0 Å². The predicted octanol–water partition coefficient (Wildman–Crippen LogP) is 0.575. The monoisotopic (exact) mass is 381 g/mol. The molecule has 0 saturated carbocycles. The molecule has 9 nitrogen and oxygen atoms in total. The molecule has 2 heterocycles. The Morgan fingerprint density at radius 1 is 1.04 bits per heavy atom. The average molecular weight is 381 g/mol. The second kappa shape index (κ2) is 10.3. The number of H-pyrrole nitrogens is 1. The Bertz CT molecular complexity index is 833. The first-order valence-corrected chi connectivity index (χ1v) is 9.71. The van der Waals surface area contributed by atoms with E-state index >= 15 is 0 Å². The van der Waals surface area contributed by atoms with Crippen molar-refractivity contribution in [2.45, 2.75) is 52.0 Å². The second-order valence-electron chi connectivity index (χ2n) is 6.76. The summed E-state index contributed by atoms with van der Waals surface area (Å²) in [5.74, 6) is 0.494. The fraction of sp³-hybridized carbons (Fsp3) is 0.722. The minimum atomic E-state index is -0.515. The quantitative estimate of drug-likeness (QED) is 0.463. The number of imidazole rings is 1. The van der Waals surface area contributed by atoms with E-state index in [0.29, 0.717) is 23.7 Å². The molecule has 2 aromatic heterocycles. The summed E-state index contributed by atoms with van der Waals surface area (Å²) in [6, 6.07) is 0. The molecule has 0 aliphatic heterocycles. The van der Waals surface area contributed by atoms with Crippen LogP contribution in [0.4, 0.5) is 5.95 Å². The van der Waals surface area contributed by atoms with E-state index in [1.807, 2.05) is 0 Å². The zero-order valence-corrected chi connectivity index (χ0v) is 16.3. The van der Waals surface area contributed by atoms with E-state index in [1.165, 1.54) is 23.8 Å². The van der Waals surface area contributed by atoms with Crippen molar-refractivity contribution in [2.75, 3.05) is 31.2 Å². The maximum Gasteiger partial charge on any atom is 0.329 e. The summed E-state index contributed by atoms with van der Waals surface area (Å²) in [5.41, 5.74) is -0.322. The lowest BCUT2D eigenvalue weighted by Crippen LogP contribution is -2.32. The fourth-order valence-corrected chi connectivity index (χ4v) is 3.28. The van der Waals surface area contributed by atoms with Gasteiger partial charge in [0.1, 0.15) is 0 Å². The van der Waals surface area contributed by atoms with Crippen LogP contribution in [0.2, 0.25) is 0 Å². The van der Waals surface area contributed by atoms with Gasteiger partial charge in [0.15, 0.2) is 11.2 Å². The van der Waals surface area contributed by atoms with Crippen LogP contribution in [0.15, 0.2) is 9.59 Å². The van der Waals surface area contributed by atoms with Crippen LogP contribution in [0.25, 0.3) is 11.2 Å². The number of nitrogens with one attached hydrogen (secondary N) is 1. The summed E-state index contributed by atoms with van der Waals surface area (Å²) >= 11 is 0. The van der Waals surface area contributed by atoms with Crippen molar-refractivity contribution in [2.24, 2.45) is 7.05 Å². The van der Waals surface area contributed by atoms with E-state index in [1.54, 1.807) is 16.5 Å². The number of hydrogen-bond donors (Lipinski definition) is 3. The number of aryl methyl sites for hydroxylation is 2. The molecule has 2 aromatic rings. The van der Waals surface area contributed by atoms with E-state index in [9.17, 15) is 19.8 Å². The highest BCUT2D eigenvalue weighted by Crippen LogP contribution is 2.20. The Morgan fingerprint density at radius 3 is 2.30 bits per heavy atom. The molecule has 0 saturated heterocycles. The number of aliphatic hydroxyl groups is 2. The number of hydrogen-bond acceptors (Lipinski definition) is 6. The number of aromatic nitrogens is 4. The molecule has 0 aromatic carbocycles. The topological polar surface area (TPSA) is 116 Å². The number of aromatic amines is 1. The minimum absolute atomic E-state index is 0.102. The molecule has 0 atom stereocenters. The standard InChI is InChI=1S/C18H31N5O4/c1-3-4-5-6-7-8-9-23-14-15(21(2)18(27)20-16(14)26)19-17(23)22(10-12-24)11-13-25/h24-25H,3-13H2,1-2H3,(H,20,26,27). The Balaban J connectivity index is 2.40. The molecule has 9 heteroatoms. The Morgan fingerprint density at radius 2 is 1.67 bits per heavy atom. The zero-order valence-electron chi connectivity index (χ0n) is 16.3. The fourth-order valence-electron chi connectivity index (χ4n) is 3.28. The van der Waals surface area contributed by atoms with Gasteiger partial charge in [0.05, 0.1) is 13.2 Å². The number of nitrogens with zero attached hydrogens (tertiary/aromatic N) is 4. The Hall–Kier alpha value is -2.13. The normalized spacial score (nSPS) is 11.4. The van der Waals surface area contributed by atoms with Crippen molar-refractivity contribution < 1.29 is 10.2 Å². The van der Waals surface area contributed by atoms with E-state index in [2.05, 4.69) is 16.9 Å². The van der Waals surface area contributed by atoms with Gasteiger partial charge in [0.2, 0.25) is 5.95 Å². The molecule has 0 radical (unpaired) electrons. The third kappa shape index (κ3) is 4.98. The van der Waals surface area contributed by atoms with Gasteiger partial charge >= 0.3 is 5.69 Å². The molecule has 0 aliphatic rings. The maximum absolute atomic E-state index is 12.5. The molecule has 0 aliphatic carbocycles. The van der Waals surface area contributed by atoms with Gasteiger partial charge in [-0.3, -0.25) is 14.3 Å². The Labute approximate surface area is 158 Å². The van der Waals surface area contributed by atoms with Crippen LogP contribution < -0.4 is 16.1 Å². The highest BCUT2D eigenvalue weighted by molar-refractivity contribution is 5.74. The summed E-state index contributed by atoms with van der Waals surface area (Å²) in [6.45, 7) is 3.13. The zero-order chi connectivity index (χ0) is 19.8. The Kier molecular flexibility index (Phi) is 8.05. The van der Waals surface area contributed by atoms with Crippen molar-refractivity contribution in [1.82, 2.24) is 19.1 Å². The second-order valence-corrected chi connectivity index (χ2v) is 6.76. The lowest BCUT2D eigenvalue weighted by atomic mass is 10.1. The first-order valence-electron chi connectivity index (χ1n) is 9.71. The van der Waals surface area contributed by atoms with Crippen LogP contribution in [-0.2, 0) is 13.6 Å². The van der Waals surface area contributed by atoms with Gasteiger partial charge in [-0.05, 0) is 6.42 Å². The van der Waals surface area contributed by atoms with Gasteiger partial charge in [-0.25, -0.2) is 4.79 Å². The molecule has 0 bridgehead atoms. The van der Waals surface area contributed by atoms with E-state index < -0.39 is 11.2 Å². The van der Waals surface area contributed by atoms with Crippen molar-refractivity contribution in [1.29, 1.82) is 0 Å². The van der Waals surface area contributed by atoms with Gasteiger partial charge < -0.3 is 19.7 Å². The maximum atomic E-state index is 12.5. The molecule has 2 rings (SSSR count). The van der Waals surface area contributed by atoms with Crippen LogP contribution in [0.5, 0.6) is 0 Å². The number of unbranched alkanes of at least 4 members (excludes halogenated alkanes) is 5. The van der Waals surface area contributed by atoms with Crippen LogP contribution in [0.3, 0.4) is 0 Å². The van der Waals surface area contributed by atoms with E-state index in [4.69, 9.17) is 0 Å². The molecule has 0 spiro atoms. The van der Waals surface area contributed by atoms with E-state index in [0.717, 1.165) is 19.3 Å². The predicted molar refractivity (Wildman–Crippen MR) is 105 cm³/mol. The molecule has 0 amide bonds. The van der Waals surface area contributed by atoms with Crippen LogP contribution >= 0.6 is 0 Å². The third-order valence-electron chi connectivity index (χ3n) is 4.74. The first kappa shape index (κ1) is 21.2. The highest BCUT2D eigenvalue weighted by atomic mass is 16.3. The number of aliphatic hydroxyl groups excluding tert-OH is 2.